The molecule has 3 rings (SSSR count). The van der Waals surface area contributed by atoms with Gasteiger partial charge in [0.15, 0.2) is 5.78 Å². The maximum Gasteiger partial charge on any atom is 0.160 e. The fourth-order valence-corrected chi connectivity index (χ4v) is 2.62. The second kappa shape index (κ2) is 6.13. The van der Waals surface area contributed by atoms with Crippen LogP contribution in [0.5, 0.6) is 0 Å². The number of hydrogen-bond donors (Lipinski definition) is 0. The van der Waals surface area contributed by atoms with Gasteiger partial charge in [-0.15, -0.1) is 0 Å². The van der Waals surface area contributed by atoms with Gasteiger partial charge in [-0.25, -0.2) is 8.78 Å². The number of benzene rings is 3. The number of Topliss-reactive ketones (excluding diaryl/α,β-unsaturated/α-hetero) is 1. The molecule has 0 aliphatic heterocycles. The van der Waals surface area contributed by atoms with Crippen LogP contribution in [-0.2, 0) is 0 Å². The first-order chi connectivity index (χ1) is 11.1. The van der Waals surface area contributed by atoms with E-state index in [0.29, 0.717) is 27.8 Å². The molecule has 23 heavy (non-hydrogen) atoms. The van der Waals surface area contributed by atoms with Gasteiger partial charge >= 0.3 is 0 Å². The normalized spacial score (nSPS) is 10.6. The molecule has 0 fully saturated rings. The third-order valence-electron chi connectivity index (χ3n) is 3.75. The van der Waals surface area contributed by atoms with E-state index < -0.39 is 5.82 Å². The number of hydrogen-bond acceptors (Lipinski definition) is 1. The third-order valence-corrected chi connectivity index (χ3v) is 3.75. The van der Waals surface area contributed by atoms with Crippen LogP contribution in [0.3, 0.4) is 0 Å². The van der Waals surface area contributed by atoms with Gasteiger partial charge in [-0.2, -0.15) is 0 Å². The highest BCUT2D eigenvalue weighted by Gasteiger charge is 2.15. The van der Waals surface area contributed by atoms with Crippen molar-refractivity contribution in [3.63, 3.8) is 0 Å². The van der Waals surface area contributed by atoms with Crippen molar-refractivity contribution in [2.75, 3.05) is 0 Å². The first-order valence-corrected chi connectivity index (χ1v) is 7.22. The van der Waals surface area contributed by atoms with Gasteiger partial charge < -0.3 is 0 Å². The maximum absolute atomic E-state index is 14.1. The third kappa shape index (κ3) is 2.90. The largest absolute Gasteiger partial charge is 0.294 e. The van der Waals surface area contributed by atoms with Crippen molar-refractivity contribution < 1.29 is 13.6 Å². The predicted octanol–water partition coefficient (Wildman–Crippen LogP) is 5.50. The van der Waals surface area contributed by atoms with Gasteiger partial charge in [0, 0.05) is 16.7 Å². The molecule has 114 valence electrons. The molecule has 1 nitrogen and oxygen atoms in total. The molecule has 3 aromatic carbocycles. The second-order valence-corrected chi connectivity index (χ2v) is 5.28. The molecule has 0 N–H and O–H groups in total. The molecule has 0 heterocycles. The number of ketones is 1. The van der Waals surface area contributed by atoms with Crippen LogP contribution in [0.1, 0.15) is 17.3 Å². The molecule has 0 bridgehead atoms. The highest BCUT2D eigenvalue weighted by Crippen LogP contribution is 2.32. The van der Waals surface area contributed by atoms with Gasteiger partial charge in [-0.1, -0.05) is 48.5 Å². The molecule has 0 unspecified atom stereocenters. The number of halogens is 2. The molecule has 0 radical (unpaired) electrons. The van der Waals surface area contributed by atoms with Gasteiger partial charge in [0.25, 0.3) is 0 Å². The summed E-state index contributed by atoms with van der Waals surface area (Å²) in [5.74, 6) is -0.938. The first-order valence-electron chi connectivity index (χ1n) is 7.22. The molecule has 0 aliphatic carbocycles. The lowest BCUT2D eigenvalue weighted by Crippen LogP contribution is -1.98. The minimum atomic E-state index is -0.416. The van der Waals surface area contributed by atoms with Gasteiger partial charge in [-0.3, -0.25) is 4.79 Å². The monoisotopic (exact) mass is 308 g/mol. The van der Waals surface area contributed by atoms with E-state index in [1.807, 2.05) is 0 Å². The molecular formula is C20H14F2O. The van der Waals surface area contributed by atoms with Crippen LogP contribution < -0.4 is 0 Å². The molecular weight excluding hydrogens is 294 g/mol. The lowest BCUT2D eigenvalue weighted by atomic mass is 9.92. The lowest BCUT2D eigenvalue weighted by molar-refractivity contribution is 0.101. The average molecular weight is 308 g/mol. The van der Waals surface area contributed by atoms with E-state index in [1.165, 1.54) is 19.1 Å². The van der Waals surface area contributed by atoms with E-state index in [2.05, 4.69) is 0 Å². The molecule has 0 saturated carbocycles. The van der Waals surface area contributed by atoms with E-state index in [1.54, 1.807) is 54.6 Å². The molecule has 3 aromatic rings. The van der Waals surface area contributed by atoms with E-state index >= 15 is 0 Å². The zero-order valence-corrected chi connectivity index (χ0v) is 12.5. The van der Waals surface area contributed by atoms with E-state index in [9.17, 15) is 13.6 Å². The predicted molar refractivity (Wildman–Crippen MR) is 87.2 cm³/mol. The molecule has 0 amide bonds. The quantitative estimate of drug-likeness (QED) is 0.584. The molecule has 0 saturated heterocycles. The Morgan fingerprint density at radius 3 is 1.87 bits per heavy atom. The fourth-order valence-electron chi connectivity index (χ4n) is 2.62. The topological polar surface area (TPSA) is 17.1 Å². The summed E-state index contributed by atoms with van der Waals surface area (Å²) in [7, 11) is 0. The van der Waals surface area contributed by atoms with Crippen molar-refractivity contribution in [3.05, 3.63) is 83.9 Å². The zero-order chi connectivity index (χ0) is 16.4. The Morgan fingerprint density at radius 2 is 1.30 bits per heavy atom. The van der Waals surface area contributed by atoms with Crippen LogP contribution in [0.4, 0.5) is 8.78 Å². The summed E-state index contributed by atoms with van der Waals surface area (Å²) in [4.78, 5) is 11.9. The summed E-state index contributed by atoms with van der Waals surface area (Å²) in [6.07, 6.45) is 0. The Bertz CT molecular complexity index is 884. The molecule has 0 aromatic heterocycles. The number of carbonyl (C=O) groups excluding carboxylic acids is 1. The second-order valence-electron chi connectivity index (χ2n) is 5.28. The number of rotatable bonds is 3. The lowest BCUT2D eigenvalue weighted by Gasteiger charge is -2.12. The van der Waals surface area contributed by atoms with Crippen LogP contribution in [0, 0.1) is 11.6 Å². The van der Waals surface area contributed by atoms with Crippen molar-refractivity contribution in [3.8, 4) is 22.3 Å². The van der Waals surface area contributed by atoms with Crippen molar-refractivity contribution in [1.82, 2.24) is 0 Å². The van der Waals surface area contributed by atoms with Crippen LogP contribution in [0.15, 0.2) is 66.7 Å². The standard InChI is InChI=1S/C20H14F2O/c1-13(23)15-11-10-14(16-6-2-4-8-19(16)21)12-18(15)17-7-3-5-9-20(17)22/h2-12H,1H3. The minimum Gasteiger partial charge on any atom is -0.294 e. The van der Waals surface area contributed by atoms with Crippen LogP contribution in [-0.4, -0.2) is 5.78 Å². The van der Waals surface area contributed by atoms with Crippen molar-refractivity contribution in [2.24, 2.45) is 0 Å². The fraction of sp³-hybridized carbons (Fsp3) is 0.0500. The highest BCUT2D eigenvalue weighted by molar-refractivity contribution is 6.01. The molecule has 0 atom stereocenters. The van der Waals surface area contributed by atoms with Crippen LogP contribution >= 0.6 is 0 Å². The van der Waals surface area contributed by atoms with E-state index in [-0.39, 0.29) is 11.6 Å². The Hall–Kier alpha value is -2.81. The Kier molecular flexibility index (Phi) is 4.02. The Labute approximate surface area is 133 Å². The number of carbonyl (C=O) groups is 1. The molecule has 3 heteroatoms. The van der Waals surface area contributed by atoms with Gasteiger partial charge in [0.05, 0.1) is 0 Å². The minimum absolute atomic E-state index is 0.164. The zero-order valence-electron chi connectivity index (χ0n) is 12.5. The summed E-state index contributed by atoms with van der Waals surface area (Å²) in [6.45, 7) is 1.43. The van der Waals surface area contributed by atoms with E-state index in [4.69, 9.17) is 0 Å². The van der Waals surface area contributed by atoms with Gasteiger partial charge in [-0.05, 0) is 36.2 Å². The first kappa shape index (κ1) is 15.1. The van der Waals surface area contributed by atoms with Crippen LogP contribution in [0.2, 0.25) is 0 Å². The van der Waals surface area contributed by atoms with Crippen molar-refractivity contribution >= 4 is 5.78 Å². The molecule has 0 spiro atoms. The summed E-state index contributed by atoms with van der Waals surface area (Å²) in [5, 5.41) is 0. The highest BCUT2D eigenvalue weighted by atomic mass is 19.1. The van der Waals surface area contributed by atoms with E-state index in [0.717, 1.165) is 0 Å². The summed E-state index contributed by atoms with van der Waals surface area (Å²) in [5.41, 5.74) is 2.23. The van der Waals surface area contributed by atoms with Crippen molar-refractivity contribution in [1.29, 1.82) is 0 Å². The smallest absolute Gasteiger partial charge is 0.160 e. The summed E-state index contributed by atoms with van der Waals surface area (Å²) >= 11 is 0. The van der Waals surface area contributed by atoms with Gasteiger partial charge in [0.2, 0.25) is 0 Å². The maximum atomic E-state index is 14.1. The summed E-state index contributed by atoms with van der Waals surface area (Å²) in [6, 6.07) is 17.6. The van der Waals surface area contributed by atoms with Crippen LogP contribution in [0.25, 0.3) is 22.3 Å². The average Bonchev–Trinajstić information content (AvgIpc) is 2.55. The van der Waals surface area contributed by atoms with Crippen molar-refractivity contribution in [2.45, 2.75) is 6.92 Å². The Morgan fingerprint density at radius 1 is 0.739 bits per heavy atom. The Balaban J connectivity index is 2.25. The SMILES string of the molecule is CC(=O)c1ccc(-c2ccccc2F)cc1-c1ccccc1F. The summed E-state index contributed by atoms with van der Waals surface area (Å²) < 4.78 is 28.2. The molecule has 0 aliphatic rings. The van der Waals surface area contributed by atoms with Gasteiger partial charge in [0.1, 0.15) is 11.6 Å².